The molecular weight excluding hydrogens is 272 g/mol. The number of carbonyl (C=O) groups excluding carboxylic acids is 1. The highest BCUT2D eigenvalue weighted by Crippen LogP contribution is 2.24. The van der Waals surface area contributed by atoms with Crippen molar-refractivity contribution in [2.24, 2.45) is 0 Å². The summed E-state index contributed by atoms with van der Waals surface area (Å²) in [7, 11) is 3.32. The van der Waals surface area contributed by atoms with Gasteiger partial charge in [-0.25, -0.2) is 0 Å². The van der Waals surface area contributed by atoms with E-state index in [1.165, 1.54) is 4.90 Å². The molecule has 1 atom stereocenters. The summed E-state index contributed by atoms with van der Waals surface area (Å²) in [5, 5.41) is 17.1. The molecule has 21 heavy (non-hydrogen) atoms. The van der Waals surface area contributed by atoms with Gasteiger partial charge in [0.25, 0.3) is 5.91 Å². The molecule has 1 unspecified atom stereocenters. The molecule has 0 spiro atoms. The molecule has 0 aliphatic carbocycles. The van der Waals surface area contributed by atoms with Crippen molar-refractivity contribution in [3.8, 4) is 0 Å². The zero-order valence-electron chi connectivity index (χ0n) is 12.3. The number of anilines is 1. The van der Waals surface area contributed by atoms with Gasteiger partial charge >= 0.3 is 5.97 Å². The summed E-state index contributed by atoms with van der Waals surface area (Å²) >= 11 is 0. The first-order valence-corrected chi connectivity index (χ1v) is 7.03. The van der Waals surface area contributed by atoms with Crippen molar-refractivity contribution in [1.29, 1.82) is 0 Å². The third-order valence-electron chi connectivity index (χ3n) is 3.61. The predicted octanol–water partition coefficient (Wildman–Crippen LogP) is 1.01. The largest absolute Gasteiger partial charge is 0.481 e. The molecule has 2 rings (SSSR count). The lowest BCUT2D eigenvalue weighted by Gasteiger charge is -2.35. The highest BCUT2D eigenvalue weighted by molar-refractivity contribution is 5.91. The van der Waals surface area contributed by atoms with Crippen molar-refractivity contribution in [3.05, 3.63) is 17.8 Å². The van der Waals surface area contributed by atoms with Gasteiger partial charge in [-0.2, -0.15) is 0 Å². The van der Waals surface area contributed by atoms with Crippen LogP contribution in [0.25, 0.3) is 0 Å². The fraction of sp³-hybridized carbons (Fsp3) is 0.571. The van der Waals surface area contributed by atoms with Crippen LogP contribution >= 0.6 is 0 Å². The van der Waals surface area contributed by atoms with Crippen molar-refractivity contribution in [2.45, 2.75) is 31.7 Å². The van der Waals surface area contributed by atoms with Crippen LogP contribution in [-0.2, 0) is 4.79 Å². The lowest BCUT2D eigenvalue weighted by atomic mass is 9.99. The van der Waals surface area contributed by atoms with Crippen LogP contribution in [0.3, 0.4) is 0 Å². The van der Waals surface area contributed by atoms with Crippen LogP contribution in [0.4, 0.5) is 5.82 Å². The molecular formula is C14H20N4O3. The van der Waals surface area contributed by atoms with E-state index in [9.17, 15) is 9.59 Å². The van der Waals surface area contributed by atoms with Crippen LogP contribution in [0.1, 0.15) is 36.2 Å². The van der Waals surface area contributed by atoms with Crippen molar-refractivity contribution < 1.29 is 14.7 Å². The van der Waals surface area contributed by atoms with E-state index in [2.05, 4.69) is 10.2 Å². The Kier molecular flexibility index (Phi) is 4.72. The first kappa shape index (κ1) is 15.2. The molecule has 1 N–H and O–H groups in total. The number of carbonyl (C=O) groups is 2. The molecule has 1 fully saturated rings. The summed E-state index contributed by atoms with van der Waals surface area (Å²) in [6.07, 6.45) is 2.97. The zero-order valence-corrected chi connectivity index (χ0v) is 12.3. The summed E-state index contributed by atoms with van der Waals surface area (Å²) in [4.78, 5) is 26.1. The van der Waals surface area contributed by atoms with Crippen LogP contribution in [0.5, 0.6) is 0 Å². The summed E-state index contributed by atoms with van der Waals surface area (Å²) in [5.41, 5.74) is 0.288. The van der Waals surface area contributed by atoms with Gasteiger partial charge in [0, 0.05) is 26.7 Å². The number of piperidine rings is 1. The smallest absolute Gasteiger partial charge is 0.305 e. The summed E-state index contributed by atoms with van der Waals surface area (Å²) in [5.74, 6) is -0.370. The molecule has 0 bridgehead atoms. The first-order chi connectivity index (χ1) is 9.99. The van der Waals surface area contributed by atoms with E-state index < -0.39 is 5.97 Å². The molecule has 114 valence electrons. The Morgan fingerprint density at radius 3 is 2.67 bits per heavy atom. The topological polar surface area (TPSA) is 86.6 Å². The SMILES string of the molecule is CN(C)C(=O)c1ccc(N2CCCCC2CC(=O)O)nn1. The quantitative estimate of drug-likeness (QED) is 0.891. The van der Waals surface area contributed by atoms with Gasteiger partial charge in [0.05, 0.1) is 6.42 Å². The van der Waals surface area contributed by atoms with Gasteiger partial charge in [0.1, 0.15) is 0 Å². The second-order valence-electron chi connectivity index (χ2n) is 5.42. The number of hydrogen-bond donors (Lipinski definition) is 1. The van der Waals surface area contributed by atoms with E-state index in [1.54, 1.807) is 26.2 Å². The fourth-order valence-corrected chi connectivity index (χ4v) is 2.54. The molecule has 1 saturated heterocycles. The average Bonchev–Trinajstić information content (AvgIpc) is 2.46. The Morgan fingerprint density at radius 1 is 1.33 bits per heavy atom. The van der Waals surface area contributed by atoms with Crippen LogP contribution in [0.2, 0.25) is 0 Å². The monoisotopic (exact) mass is 292 g/mol. The number of rotatable bonds is 4. The standard InChI is InChI=1S/C14H20N4O3/c1-17(2)14(21)11-6-7-12(16-15-11)18-8-4-3-5-10(18)9-13(19)20/h6-7,10H,3-5,8-9H2,1-2H3,(H,19,20). The second kappa shape index (κ2) is 6.51. The van der Waals surface area contributed by atoms with Crippen LogP contribution in [0.15, 0.2) is 12.1 Å². The van der Waals surface area contributed by atoms with E-state index in [0.717, 1.165) is 25.8 Å². The Labute approximate surface area is 123 Å². The summed E-state index contributed by atoms with van der Waals surface area (Å²) in [6, 6.07) is 3.32. The average molecular weight is 292 g/mol. The second-order valence-corrected chi connectivity index (χ2v) is 5.42. The van der Waals surface area contributed by atoms with Gasteiger partial charge in [0.2, 0.25) is 0 Å². The number of carboxylic acids is 1. The minimum Gasteiger partial charge on any atom is -0.481 e. The number of amides is 1. The Balaban J connectivity index is 2.15. The molecule has 1 aliphatic heterocycles. The number of nitrogens with zero attached hydrogens (tertiary/aromatic N) is 4. The fourth-order valence-electron chi connectivity index (χ4n) is 2.54. The van der Waals surface area contributed by atoms with Crippen molar-refractivity contribution >= 4 is 17.7 Å². The molecule has 1 aromatic heterocycles. The number of aromatic nitrogens is 2. The van der Waals surface area contributed by atoms with Gasteiger partial charge in [-0.15, -0.1) is 10.2 Å². The molecule has 7 nitrogen and oxygen atoms in total. The van der Waals surface area contributed by atoms with Crippen molar-refractivity contribution in [3.63, 3.8) is 0 Å². The third-order valence-corrected chi connectivity index (χ3v) is 3.61. The normalized spacial score (nSPS) is 18.4. The van der Waals surface area contributed by atoms with Gasteiger partial charge in [-0.05, 0) is 31.4 Å². The van der Waals surface area contributed by atoms with Crippen molar-refractivity contribution in [2.75, 3.05) is 25.5 Å². The minimum atomic E-state index is -0.806. The molecule has 7 heteroatoms. The Bertz CT molecular complexity index is 515. The Morgan fingerprint density at radius 2 is 2.10 bits per heavy atom. The zero-order chi connectivity index (χ0) is 15.4. The van der Waals surface area contributed by atoms with Crippen molar-refractivity contribution in [1.82, 2.24) is 15.1 Å². The lowest BCUT2D eigenvalue weighted by Crippen LogP contribution is -2.41. The molecule has 2 heterocycles. The number of hydrogen-bond acceptors (Lipinski definition) is 5. The highest BCUT2D eigenvalue weighted by Gasteiger charge is 2.26. The van der Waals surface area contributed by atoms with Gasteiger partial charge in [-0.1, -0.05) is 0 Å². The van der Waals surface area contributed by atoms with Crippen LogP contribution in [0, 0.1) is 0 Å². The maximum atomic E-state index is 11.8. The van der Waals surface area contributed by atoms with Gasteiger partial charge in [-0.3, -0.25) is 9.59 Å². The first-order valence-electron chi connectivity index (χ1n) is 7.03. The maximum absolute atomic E-state index is 11.8. The molecule has 0 radical (unpaired) electrons. The molecule has 1 amide bonds. The highest BCUT2D eigenvalue weighted by atomic mass is 16.4. The molecule has 0 aromatic carbocycles. The predicted molar refractivity (Wildman–Crippen MR) is 77.3 cm³/mol. The van der Waals surface area contributed by atoms with E-state index in [1.807, 2.05) is 4.90 Å². The van der Waals surface area contributed by atoms with E-state index in [-0.39, 0.29) is 24.1 Å². The van der Waals surface area contributed by atoms with E-state index >= 15 is 0 Å². The van der Waals surface area contributed by atoms with E-state index in [0.29, 0.717) is 5.82 Å². The Hall–Kier alpha value is -2.18. The summed E-state index contributed by atoms with van der Waals surface area (Å²) in [6.45, 7) is 0.771. The molecule has 1 aliphatic rings. The number of carboxylic acid groups (broad SMARTS) is 1. The maximum Gasteiger partial charge on any atom is 0.305 e. The summed E-state index contributed by atoms with van der Waals surface area (Å²) < 4.78 is 0. The minimum absolute atomic E-state index is 0.0547. The van der Waals surface area contributed by atoms with E-state index in [4.69, 9.17) is 5.11 Å². The lowest BCUT2D eigenvalue weighted by molar-refractivity contribution is -0.137. The molecule has 1 aromatic rings. The molecule has 0 saturated carbocycles. The number of aliphatic carboxylic acids is 1. The van der Waals surface area contributed by atoms with Gasteiger partial charge < -0.3 is 14.9 Å². The third kappa shape index (κ3) is 3.68. The van der Waals surface area contributed by atoms with Gasteiger partial charge in [0.15, 0.2) is 11.5 Å². The van der Waals surface area contributed by atoms with Crippen LogP contribution < -0.4 is 4.90 Å². The van der Waals surface area contributed by atoms with Crippen LogP contribution in [-0.4, -0.2) is 58.8 Å².